The fourth-order valence-corrected chi connectivity index (χ4v) is 6.62. The normalized spacial score (nSPS) is 10.8. The Morgan fingerprint density at radius 1 is 0.220 bits per heavy atom. The Bertz CT molecular complexity index is 2200. The van der Waals surface area contributed by atoms with Crippen molar-refractivity contribution in [2.24, 2.45) is 0 Å². The fraction of sp³-hybridized carbons (Fsp3) is 0. The summed E-state index contributed by atoms with van der Waals surface area (Å²) >= 11 is 0. The molecule has 0 amide bonds. The number of benzene rings is 8. The number of rotatable bonds is 9. The molecule has 0 unspecified atom stereocenters. The van der Waals surface area contributed by atoms with E-state index in [1.165, 1.54) is 33.4 Å². The lowest BCUT2D eigenvalue weighted by Crippen LogP contribution is -2.10. The monoisotopic (exact) mass is 640 g/mol. The van der Waals surface area contributed by atoms with E-state index in [1.54, 1.807) is 0 Å². The fourth-order valence-electron chi connectivity index (χ4n) is 6.62. The smallest absolute Gasteiger partial charge is 0.0540 e. The molecular formula is C48H36N2. The van der Waals surface area contributed by atoms with Gasteiger partial charge in [0.25, 0.3) is 0 Å². The van der Waals surface area contributed by atoms with E-state index in [0.717, 1.165) is 34.1 Å². The van der Waals surface area contributed by atoms with Gasteiger partial charge in [0.15, 0.2) is 0 Å². The Balaban J connectivity index is 1.08. The molecule has 50 heavy (non-hydrogen) atoms. The zero-order valence-electron chi connectivity index (χ0n) is 27.7. The van der Waals surface area contributed by atoms with Crippen molar-refractivity contribution in [3.63, 3.8) is 0 Å². The quantitative estimate of drug-likeness (QED) is 0.155. The zero-order valence-corrected chi connectivity index (χ0v) is 27.7. The minimum atomic E-state index is 1.12. The van der Waals surface area contributed by atoms with E-state index < -0.39 is 0 Å². The average molecular weight is 641 g/mol. The number of anilines is 6. The lowest BCUT2D eigenvalue weighted by molar-refractivity contribution is 1.28. The molecule has 0 saturated carbocycles. The summed E-state index contributed by atoms with van der Waals surface area (Å²) in [6.07, 6.45) is 0. The van der Waals surface area contributed by atoms with E-state index in [4.69, 9.17) is 0 Å². The maximum atomic E-state index is 2.33. The van der Waals surface area contributed by atoms with Crippen LogP contribution in [0.3, 0.4) is 0 Å². The van der Waals surface area contributed by atoms with Crippen LogP contribution in [0, 0.1) is 0 Å². The standard InChI is InChI=1S/C48H36N2/c1-5-18-42(19-6-1)49(43-20-7-2-8-21-43)46-34-32-38(33-35-46)41-17-15-16-40(36-41)37-28-30-39(31-29-37)47-26-13-14-27-48(47)50(44-22-9-3-10-23-44)45-24-11-4-12-25-45/h1-36H. The molecule has 0 bridgehead atoms. The van der Waals surface area contributed by atoms with Gasteiger partial charge in [0, 0.05) is 34.0 Å². The summed E-state index contributed by atoms with van der Waals surface area (Å²) in [5.74, 6) is 0. The third kappa shape index (κ3) is 6.43. The SMILES string of the molecule is c1ccc(N(c2ccccc2)c2ccc(-c3cccc(-c4ccc(-c5ccccc5N(c5ccccc5)c5ccccc5)cc4)c3)cc2)cc1. The molecule has 0 N–H and O–H groups in total. The first kappa shape index (κ1) is 30.7. The second-order valence-corrected chi connectivity index (χ2v) is 12.2. The van der Waals surface area contributed by atoms with Crippen molar-refractivity contribution < 1.29 is 0 Å². The maximum absolute atomic E-state index is 2.33. The van der Waals surface area contributed by atoms with Crippen LogP contribution >= 0.6 is 0 Å². The first-order valence-electron chi connectivity index (χ1n) is 17.0. The molecule has 0 aliphatic heterocycles. The van der Waals surface area contributed by atoms with Crippen molar-refractivity contribution in [3.05, 3.63) is 218 Å². The maximum Gasteiger partial charge on any atom is 0.0540 e. The summed E-state index contributed by atoms with van der Waals surface area (Å²) in [6.45, 7) is 0. The van der Waals surface area contributed by atoms with Gasteiger partial charge in [0.1, 0.15) is 0 Å². The van der Waals surface area contributed by atoms with Crippen molar-refractivity contribution in [2.45, 2.75) is 0 Å². The van der Waals surface area contributed by atoms with E-state index in [1.807, 2.05) is 0 Å². The molecule has 8 rings (SSSR count). The topological polar surface area (TPSA) is 6.48 Å². The first-order chi connectivity index (χ1) is 24.8. The molecule has 0 fully saturated rings. The van der Waals surface area contributed by atoms with Crippen LogP contribution in [0.2, 0.25) is 0 Å². The lowest BCUT2D eigenvalue weighted by Gasteiger charge is -2.27. The van der Waals surface area contributed by atoms with E-state index in [9.17, 15) is 0 Å². The number of nitrogens with zero attached hydrogens (tertiary/aromatic N) is 2. The van der Waals surface area contributed by atoms with Crippen LogP contribution < -0.4 is 9.80 Å². The number of para-hydroxylation sites is 5. The van der Waals surface area contributed by atoms with Crippen LogP contribution in [0.15, 0.2) is 218 Å². The molecule has 0 aromatic heterocycles. The molecule has 0 spiro atoms. The molecule has 8 aromatic carbocycles. The third-order valence-electron chi connectivity index (χ3n) is 9.05. The van der Waals surface area contributed by atoms with E-state index in [-0.39, 0.29) is 0 Å². The Hall–Kier alpha value is -6.64. The largest absolute Gasteiger partial charge is 0.311 e. The Morgan fingerprint density at radius 2 is 0.580 bits per heavy atom. The van der Waals surface area contributed by atoms with Gasteiger partial charge in [-0.15, -0.1) is 0 Å². The first-order valence-corrected chi connectivity index (χ1v) is 17.0. The van der Waals surface area contributed by atoms with Crippen molar-refractivity contribution in [2.75, 3.05) is 9.80 Å². The summed E-state index contributed by atoms with van der Waals surface area (Å²) in [4.78, 5) is 4.62. The van der Waals surface area contributed by atoms with Crippen LogP contribution in [0.25, 0.3) is 33.4 Å². The van der Waals surface area contributed by atoms with Gasteiger partial charge in [-0.25, -0.2) is 0 Å². The lowest BCUT2D eigenvalue weighted by atomic mass is 9.96. The van der Waals surface area contributed by atoms with Gasteiger partial charge in [-0.1, -0.05) is 146 Å². The van der Waals surface area contributed by atoms with Crippen LogP contribution in [-0.4, -0.2) is 0 Å². The Labute approximate surface area is 294 Å². The van der Waals surface area contributed by atoms with Crippen molar-refractivity contribution >= 4 is 34.1 Å². The van der Waals surface area contributed by atoms with Gasteiger partial charge < -0.3 is 9.80 Å². The van der Waals surface area contributed by atoms with Gasteiger partial charge in [-0.2, -0.15) is 0 Å². The van der Waals surface area contributed by atoms with E-state index in [0.29, 0.717) is 0 Å². The summed E-state index contributed by atoms with van der Waals surface area (Å²) in [7, 11) is 0. The van der Waals surface area contributed by atoms with Crippen LogP contribution in [0.5, 0.6) is 0 Å². The van der Waals surface area contributed by atoms with Crippen LogP contribution in [0.4, 0.5) is 34.1 Å². The summed E-state index contributed by atoms with van der Waals surface area (Å²) < 4.78 is 0. The Kier molecular flexibility index (Phi) is 8.73. The third-order valence-corrected chi connectivity index (χ3v) is 9.05. The molecule has 0 aliphatic rings. The van der Waals surface area contributed by atoms with Crippen molar-refractivity contribution in [1.29, 1.82) is 0 Å². The van der Waals surface area contributed by atoms with Crippen LogP contribution in [0.1, 0.15) is 0 Å². The van der Waals surface area contributed by atoms with Gasteiger partial charge in [-0.05, 0) is 101 Å². The minimum Gasteiger partial charge on any atom is -0.311 e. The molecule has 2 heteroatoms. The minimum absolute atomic E-state index is 1.12. The molecule has 2 nitrogen and oxygen atoms in total. The van der Waals surface area contributed by atoms with Gasteiger partial charge in [0.05, 0.1) is 5.69 Å². The molecule has 8 aromatic rings. The van der Waals surface area contributed by atoms with Gasteiger partial charge >= 0.3 is 0 Å². The molecule has 0 radical (unpaired) electrons. The molecule has 0 saturated heterocycles. The number of hydrogen-bond acceptors (Lipinski definition) is 2. The number of hydrogen-bond donors (Lipinski definition) is 0. The molecule has 0 heterocycles. The van der Waals surface area contributed by atoms with Crippen LogP contribution in [-0.2, 0) is 0 Å². The summed E-state index contributed by atoms with van der Waals surface area (Å²) in [6, 6.07) is 77.5. The van der Waals surface area contributed by atoms with Gasteiger partial charge in [-0.3, -0.25) is 0 Å². The molecule has 238 valence electrons. The second-order valence-electron chi connectivity index (χ2n) is 12.2. The van der Waals surface area contributed by atoms with Crippen molar-refractivity contribution in [1.82, 2.24) is 0 Å². The van der Waals surface area contributed by atoms with Gasteiger partial charge in [0.2, 0.25) is 0 Å². The predicted octanol–water partition coefficient (Wildman–Crippen LogP) is 13.6. The molecule has 0 aliphatic carbocycles. The molecular weight excluding hydrogens is 605 g/mol. The van der Waals surface area contributed by atoms with E-state index in [2.05, 4.69) is 228 Å². The highest BCUT2D eigenvalue weighted by atomic mass is 15.1. The highest BCUT2D eigenvalue weighted by Gasteiger charge is 2.17. The summed E-state index contributed by atoms with van der Waals surface area (Å²) in [5.41, 5.74) is 13.9. The summed E-state index contributed by atoms with van der Waals surface area (Å²) in [5, 5.41) is 0. The highest BCUT2D eigenvalue weighted by molar-refractivity contribution is 5.88. The Morgan fingerprint density at radius 3 is 1.06 bits per heavy atom. The zero-order chi connectivity index (χ0) is 33.5. The van der Waals surface area contributed by atoms with Crippen molar-refractivity contribution in [3.8, 4) is 33.4 Å². The molecule has 0 atom stereocenters. The average Bonchev–Trinajstić information content (AvgIpc) is 3.20. The predicted molar refractivity (Wildman–Crippen MR) is 212 cm³/mol. The van der Waals surface area contributed by atoms with E-state index >= 15 is 0 Å². The highest BCUT2D eigenvalue weighted by Crippen LogP contribution is 2.41. The second kappa shape index (κ2) is 14.2.